The normalized spacial score (nSPS) is 16.9. The highest BCUT2D eigenvalue weighted by Crippen LogP contribution is 2.22. The standard InChI is InChI=1S/C14H24BrNO4/c1-14(2,3)20-13(18)16-7-4-11(5-8-16)10-12(17)19-9-6-15/h11H,4-10H2,1-3H3. The van der Waals surface area contributed by atoms with Crippen LogP contribution in [-0.4, -0.2) is 47.6 Å². The molecule has 0 atom stereocenters. The van der Waals surface area contributed by atoms with Crippen molar-refractivity contribution < 1.29 is 19.1 Å². The number of likely N-dealkylation sites (tertiary alicyclic amines) is 1. The van der Waals surface area contributed by atoms with Crippen LogP contribution in [-0.2, 0) is 14.3 Å². The molecule has 1 saturated heterocycles. The first kappa shape index (κ1) is 17.3. The topological polar surface area (TPSA) is 55.8 Å². The monoisotopic (exact) mass is 349 g/mol. The Balaban J connectivity index is 2.29. The van der Waals surface area contributed by atoms with Gasteiger partial charge in [0, 0.05) is 24.8 Å². The van der Waals surface area contributed by atoms with E-state index in [2.05, 4.69) is 15.9 Å². The van der Waals surface area contributed by atoms with Gasteiger partial charge in [-0.05, 0) is 39.5 Å². The van der Waals surface area contributed by atoms with Gasteiger partial charge >= 0.3 is 12.1 Å². The summed E-state index contributed by atoms with van der Waals surface area (Å²) in [6, 6.07) is 0. The summed E-state index contributed by atoms with van der Waals surface area (Å²) in [5.41, 5.74) is -0.465. The van der Waals surface area contributed by atoms with Crippen molar-refractivity contribution >= 4 is 28.0 Å². The molecule has 0 aromatic heterocycles. The van der Waals surface area contributed by atoms with E-state index in [0.717, 1.165) is 12.8 Å². The Kier molecular flexibility index (Phi) is 6.79. The highest BCUT2D eigenvalue weighted by Gasteiger charge is 2.27. The molecule has 0 bridgehead atoms. The summed E-state index contributed by atoms with van der Waals surface area (Å²) < 4.78 is 10.4. The van der Waals surface area contributed by atoms with Crippen molar-refractivity contribution in [1.82, 2.24) is 4.90 Å². The first-order valence-corrected chi connectivity index (χ1v) is 8.13. The van der Waals surface area contributed by atoms with Gasteiger partial charge in [0.05, 0.1) is 0 Å². The van der Waals surface area contributed by atoms with Crippen molar-refractivity contribution in [3.05, 3.63) is 0 Å². The Morgan fingerprint density at radius 1 is 1.25 bits per heavy atom. The molecule has 0 aliphatic carbocycles. The number of alkyl halides is 1. The molecular weight excluding hydrogens is 326 g/mol. The molecule has 0 spiro atoms. The summed E-state index contributed by atoms with van der Waals surface area (Å²) in [7, 11) is 0. The second kappa shape index (κ2) is 7.86. The summed E-state index contributed by atoms with van der Waals surface area (Å²) in [6.07, 6.45) is 1.82. The fraction of sp³-hybridized carbons (Fsp3) is 0.857. The quantitative estimate of drug-likeness (QED) is 0.578. The van der Waals surface area contributed by atoms with Gasteiger partial charge in [-0.1, -0.05) is 15.9 Å². The van der Waals surface area contributed by atoms with Gasteiger partial charge in [0.2, 0.25) is 0 Å². The second-order valence-electron chi connectivity index (χ2n) is 6.02. The highest BCUT2D eigenvalue weighted by molar-refractivity contribution is 9.09. The zero-order valence-corrected chi connectivity index (χ0v) is 14.1. The predicted molar refractivity (Wildman–Crippen MR) is 79.9 cm³/mol. The molecule has 5 nitrogen and oxygen atoms in total. The molecule has 116 valence electrons. The minimum Gasteiger partial charge on any atom is -0.465 e. The predicted octanol–water partition coefficient (Wildman–Crippen LogP) is 2.96. The van der Waals surface area contributed by atoms with Crippen LogP contribution in [0.15, 0.2) is 0 Å². The number of carbonyl (C=O) groups is 2. The lowest BCUT2D eigenvalue weighted by Crippen LogP contribution is -2.42. The lowest BCUT2D eigenvalue weighted by Gasteiger charge is -2.33. The number of halogens is 1. The largest absolute Gasteiger partial charge is 0.465 e. The summed E-state index contributed by atoms with van der Waals surface area (Å²) in [4.78, 5) is 25.1. The van der Waals surface area contributed by atoms with Crippen molar-refractivity contribution in [1.29, 1.82) is 0 Å². The molecule has 1 aliphatic heterocycles. The van der Waals surface area contributed by atoms with Crippen LogP contribution in [0.3, 0.4) is 0 Å². The number of rotatable bonds is 4. The molecule has 0 aromatic carbocycles. The molecule has 1 heterocycles. The maximum absolute atomic E-state index is 11.9. The Bertz CT molecular complexity index is 333. The van der Waals surface area contributed by atoms with E-state index in [9.17, 15) is 9.59 Å². The number of nitrogens with zero attached hydrogens (tertiary/aromatic N) is 1. The third kappa shape index (κ3) is 6.59. The van der Waals surface area contributed by atoms with Gasteiger partial charge in [0.15, 0.2) is 0 Å². The first-order chi connectivity index (χ1) is 9.31. The van der Waals surface area contributed by atoms with E-state index in [1.807, 2.05) is 20.8 Å². The maximum Gasteiger partial charge on any atom is 0.410 e. The Hall–Kier alpha value is -0.780. The van der Waals surface area contributed by atoms with Gasteiger partial charge in [-0.2, -0.15) is 0 Å². The van der Waals surface area contributed by atoms with E-state index >= 15 is 0 Å². The second-order valence-corrected chi connectivity index (χ2v) is 6.82. The molecule has 1 rings (SSSR count). The van der Waals surface area contributed by atoms with E-state index in [1.165, 1.54) is 0 Å². The molecule has 6 heteroatoms. The SMILES string of the molecule is CC(C)(C)OC(=O)N1CCC(CC(=O)OCCBr)CC1. The van der Waals surface area contributed by atoms with E-state index < -0.39 is 5.60 Å². The van der Waals surface area contributed by atoms with Crippen molar-refractivity contribution in [3.8, 4) is 0 Å². The Morgan fingerprint density at radius 3 is 2.35 bits per heavy atom. The minimum atomic E-state index is -0.465. The number of ether oxygens (including phenoxy) is 2. The highest BCUT2D eigenvalue weighted by atomic mass is 79.9. The third-order valence-electron chi connectivity index (χ3n) is 3.06. The fourth-order valence-electron chi connectivity index (χ4n) is 2.09. The van der Waals surface area contributed by atoms with E-state index in [0.29, 0.717) is 37.4 Å². The molecule has 1 amide bonds. The molecule has 0 saturated carbocycles. The van der Waals surface area contributed by atoms with Crippen LogP contribution in [0.5, 0.6) is 0 Å². The number of piperidine rings is 1. The minimum absolute atomic E-state index is 0.153. The van der Waals surface area contributed by atoms with Crippen LogP contribution >= 0.6 is 15.9 Å². The van der Waals surface area contributed by atoms with E-state index in [-0.39, 0.29) is 12.1 Å². The van der Waals surface area contributed by atoms with Gasteiger partial charge in [-0.15, -0.1) is 0 Å². The zero-order chi connectivity index (χ0) is 15.2. The molecule has 0 aromatic rings. The first-order valence-electron chi connectivity index (χ1n) is 7.01. The molecule has 1 fully saturated rings. The Labute approximate surface area is 129 Å². The van der Waals surface area contributed by atoms with E-state index in [4.69, 9.17) is 9.47 Å². The number of amides is 1. The maximum atomic E-state index is 11.9. The van der Waals surface area contributed by atoms with Crippen LogP contribution in [0.4, 0.5) is 4.79 Å². The number of hydrogen-bond acceptors (Lipinski definition) is 4. The summed E-state index contributed by atoms with van der Waals surface area (Å²) in [5, 5.41) is 0.663. The van der Waals surface area contributed by atoms with Crippen LogP contribution in [0.2, 0.25) is 0 Å². The lowest BCUT2D eigenvalue weighted by atomic mass is 9.94. The lowest BCUT2D eigenvalue weighted by molar-refractivity contribution is -0.144. The fourth-order valence-corrected chi connectivity index (χ4v) is 2.26. The van der Waals surface area contributed by atoms with Gasteiger partial charge in [-0.3, -0.25) is 4.79 Å². The molecule has 0 unspecified atom stereocenters. The average molecular weight is 350 g/mol. The van der Waals surface area contributed by atoms with Crippen molar-refractivity contribution in [2.45, 2.75) is 45.6 Å². The summed E-state index contributed by atoms with van der Waals surface area (Å²) >= 11 is 3.22. The van der Waals surface area contributed by atoms with Gasteiger partial charge in [0.25, 0.3) is 0 Å². The number of esters is 1. The molecule has 0 radical (unpaired) electrons. The molecule has 0 N–H and O–H groups in total. The summed E-state index contributed by atoms with van der Waals surface area (Å²) in [6.45, 7) is 7.28. The molecule has 1 aliphatic rings. The van der Waals surface area contributed by atoms with Crippen LogP contribution in [0.25, 0.3) is 0 Å². The summed E-state index contributed by atoms with van der Waals surface area (Å²) in [5.74, 6) is 0.150. The Morgan fingerprint density at radius 2 is 1.85 bits per heavy atom. The van der Waals surface area contributed by atoms with Crippen LogP contribution < -0.4 is 0 Å². The molecule has 20 heavy (non-hydrogen) atoms. The van der Waals surface area contributed by atoms with Gasteiger partial charge in [-0.25, -0.2) is 4.79 Å². The van der Waals surface area contributed by atoms with Gasteiger partial charge < -0.3 is 14.4 Å². The smallest absolute Gasteiger partial charge is 0.410 e. The van der Waals surface area contributed by atoms with Crippen molar-refractivity contribution in [2.24, 2.45) is 5.92 Å². The third-order valence-corrected chi connectivity index (χ3v) is 3.39. The van der Waals surface area contributed by atoms with Crippen LogP contribution in [0.1, 0.15) is 40.0 Å². The molecular formula is C14H24BrNO4. The number of carbonyl (C=O) groups excluding carboxylic acids is 2. The van der Waals surface area contributed by atoms with Crippen molar-refractivity contribution in [3.63, 3.8) is 0 Å². The van der Waals surface area contributed by atoms with E-state index in [1.54, 1.807) is 4.90 Å². The van der Waals surface area contributed by atoms with Gasteiger partial charge in [0.1, 0.15) is 12.2 Å². The zero-order valence-electron chi connectivity index (χ0n) is 12.5. The number of hydrogen-bond donors (Lipinski definition) is 0. The van der Waals surface area contributed by atoms with Crippen molar-refractivity contribution in [2.75, 3.05) is 25.0 Å². The van der Waals surface area contributed by atoms with Crippen LogP contribution in [0, 0.1) is 5.92 Å². The average Bonchev–Trinajstić information content (AvgIpc) is 2.35.